The van der Waals surface area contributed by atoms with Gasteiger partial charge in [0, 0.05) is 23.6 Å². The Morgan fingerprint density at radius 3 is 2.31 bits per heavy atom. The molecule has 1 amide bonds. The van der Waals surface area contributed by atoms with Crippen LogP contribution < -0.4 is 11.5 Å². The highest BCUT2D eigenvalue weighted by Crippen LogP contribution is 2.53. The molecule has 0 aromatic heterocycles. The number of hydrogen-bond donors (Lipinski definition) is 6. The zero-order chi connectivity index (χ0) is 27.1. The lowest BCUT2D eigenvalue weighted by molar-refractivity contribution is -0.153. The summed E-state index contributed by atoms with van der Waals surface area (Å²) in [5.41, 5.74) is 9.09. The molecule has 36 heavy (non-hydrogen) atoms. The molecule has 0 spiro atoms. The zero-order valence-corrected chi connectivity index (χ0v) is 21.0. The first kappa shape index (κ1) is 25.9. The van der Waals surface area contributed by atoms with Gasteiger partial charge in [0.2, 0.25) is 5.78 Å². The molecule has 2 unspecified atom stereocenters. The van der Waals surface area contributed by atoms with E-state index >= 15 is 0 Å². The van der Waals surface area contributed by atoms with Gasteiger partial charge in [0.05, 0.1) is 11.6 Å². The molecule has 10 heteroatoms. The van der Waals surface area contributed by atoms with Crippen molar-refractivity contribution in [3.05, 3.63) is 45.2 Å². The van der Waals surface area contributed by atoms with Crippen LogP contribution in [0.4, 0.5) is 0 Å². The van der Waals surface area contributed by atoms with Gasteiger partial charge < -0.3 is 31.9 Å². The monoisotopic (exact) mass is 499 g/mol. The Balaban J connectivity index is 2.02. The number of likely N-dealkylation sites (N-methyl/N-ethyl adjacent to an activating group) is 1. The van der Waals surface area contributed by atoms with E-state index in [4.69, 9.17) is 11.5 Å². The molecule has 0 heterocycles. The van der Waals surface area contributed by atoms with E-state index in [2.05, 4.69) is 0 Å². The van der Waals surface area contributed by atoms with Crippen molar-refractivity contribution in [3.8, 4) is 5.75 Å². The van der Waals surface area contributed by atoms with Crippen LogP contribution in [0.2, 0.25) is 0 Å². The predicted molar refractivity (Wildman–Crippen MR) is 131 cm³/mol. The third-order valence-corrected chi connectivity index (χ3v) is 7.84. The Hall–Kier alpha value is -3.21. The molecular formula is C26H33N3O7. The maximum absolute atomic E-state index is 13.9. The number of aliphatic hydroxyl groups is 3. The van der Waals surface area contributed by atoms with E-state index in [0.29, 0.717) is 16.7 Å². The first-order chi connectivity index (χ1) is 16.6. The number of amides is 1. The second-order valence-electron chi connectivity index (χ2n) is 11.2. The number of hydrogen-bond acceptors (Lipinski definition) is 9. The maximum atomic E-state index is 13.9. The largest absolute Gasteiger partial charge is 0.508 e. The summed E-state index contributed by atoms with van der Waals surface area (Å²) in [5, 5.41) is 45.1. The number of nitrogens with zero attached hydrogens (tertiary/aromatic N) is 1. The fraction of sp³-hybridized carbons (Fsp3) is 0.500. The minimum atomic E-state index is -2.65. The van der Waals surface area contributed by atoms with Crippen LogP contribution in [-0.2, 0) is 32.8 Å². The van der Waals surface area contributed by atoms with Crippen molar-refractivity contribution in [3.63, 3.8) is 0 Å². The molecule has 194 valence electrons. The third-order valence-electron chi connectivity index (χ3n) is 7.84. The van der Waals surface area contributed by atoms with Gasteiger partial charge in [-0.15, -0.1) is 0 Å². The SMILES string of the molecule is CN(C)[C@@H]1C(=O)C(C(N)=O)=C(O)[C@@]2(O)C(=O)C3=C(O)c4c(O)c(C(C)(C)C)cc(CN)c4CC3CC12. The minimum absolute atomic E-state index is 0.0392. The molecule has 3 aliphatic carbocycles. The van der Waals surface area contributed by atoms with Crippen LogP contribution in [0, 0.1) is 11.8 Å². The zero-order valence-electron chi connectivity index (χ0n) is 21.0. The number of phenols is 1. The van der Waals surface area contributed by atoms with E-state index in [1.807, 2.05) is 20.8 Å². The number of benzene rings is 1. The lowest BCUT2D eigenvalue weighted by atomic mass is 9.57. The quantitative estimate of drug-likeness (QED) is 0.326. The summed E-state index contributed by atoms with van der Waals surface area (Å²) in [6.45, 7) is 5.79. The first-order valence-electron chi connectivity index (χ1n) is 11.8. The summed E-state index contributed by atoms with van der Waals surface area (Å²) in [6, 6.07) is 0.682. The molecule has 0 aliphatic heterocycles. The van der Waals surface area contributed by atoms with Crippen molar-refractivity contribution >= 4 is 23.2 Å². The first-order valence-corrected chi connectivity index (χ1v) is 11.8. The molecule has 1 saturated carbocycles. The Kier molecular flexibility index (Phi) is 5.86. The van der Waals surface area contributed by atoms with Gasteiger partial charge in [0.1, 0.15) is 22.8 Å². The number of aromatic hydroxyl groups is 1. The molecule has 3 aliphatic rings. The Morgan fingerprint density at radius 1 is 1.19 bits per heavy atom. The van der Waals surface area contributed by atoms with Crippen molar-refractivity contribution < 1.29 is 34.8 Å². The summed E-state index contributed by atoms with van der Waals surface area (Å²) < 4.78 is 0. The Labute approximate surface area is 208 Å². The summed E-state index contributed by atoms with van der Waals surface area (Å²) in [4.78, 5) is 40.5. The lowest BCUT2D eigenvalue weighted by Gasteiger charge is -2.50. The summed E-state index contributed by atoms with van der Waals surface area (Å²) >= 11 is 0. The van der Waals surface area contributed by atoms with Gasteiger partial charge in [0.15, 0.2) is 11.4 Å². The highest BCUT2D eigenvalue weighted by atomic mass is 16.3. The van der Waals surface area contributed by atoms with E-state index in [-0.39, 0.29) is 36.3 Å². The van der Waals surface area contributed by atoms with Crippen molar-refractivity contribution in [2.75, 3.05) is 14.1 Å². The number of rotatable bonds is 3. The van der Waals surface area contributed by atoms with Gasteiger partial charge in [-0.25, -0.2) is 0 Å². The number of carbonyl (C=O) groups excluding carboxylic acids is 3. The topological polar surface area (TPSA) is 187 Å². The highest BCUT2D eigenvalue weighted by Gasteiger charge is 2.64. The van der Waals surface area contributed by atoms with Crippen LogP contribution in [0.15, 0.2) is 23.0 Å². The lowest BCUT2D eigenvalue weighted by Crippen LogP contribution is -2.65. The van der Waals surface area contributed by atoms with Crippen LogP contribution >= 0.6 is 0 Å². The van der Waals surface area contributed by atoms with Crippen LogP contribution in [0.1, 0.15) is 49.4 Å². The second kappa shape index (κ2) is 8.16. The van der Waals surface area contributed by atoms with Crippen molar-refractivity contribution in [2.24, 2.45) is 23.3 Å². The number of ketones is 2. The molecule has 8 N–H and O–H groups in total. The van der Waals surface area contributed by atoms with Gasteiger partial charge in [-0.05, 0) is 55.5 Å². The highest BCUT2D eigenvalue weighted by molar-refractivity contribution is 6.24. The van der Waals surface area contributed by atoms with Crippen molar-refractivity contribution in [1.82, 2.24) is 4.90 Å². The van der Waals surface area contributed by atoms with Crippen molar-refractivity contribution in [2.45, 2.75) is 57.2 Å². The standard InChI is InChI=1S/C26H33N3O7/c1-25(2,3)14-8-11(9-27)12-6-10-7-13-18(29(4)5)21(32)17(24(28)35)23(34)26(13,36)22(33)15(10)20(31)16(12)19(14)30/h8,10,13,18,30-31,34,36H,6-7,9,27H2,1-5H3,(H2,28,35)/t10?,13?,18-,26-/m0/s1. The molecule has 0 radical (unpaired) electrons. The average Bonchev–Trinajstić information content (AvgIpc) is 2.75. The summed E-state index contributed by atoms with van der Waals surface area (Å²) in [7, 11) is 3.12. The average molecular weight is 500 g/mol. The molecule has 0 bridgehead atoms. The smallest absolute Gasteiger partial charge is 0.255 e. The molecule has 1 aromatic carbocycles. The molecule has 10 nitrogen and oxygen atoms in total. The Morgan fingerprint density at radius 2 is 1.81 bits per heavy atom. The normalized spacial score (nSPS) is 28.3. The van der Waals surface area contributed by atoms with Crippen LogP contribution in [0.3, 0.4) is 0 Å². The van der Waals surface area contributed by atoms with Crippen LogP contribution in [-0.4, -0.2) is 68.5 Å². The predicted octanol–water partition coefficient (Wildman–Crippen LogP) is 0.720. The fourth-order valence-electron chi connectivity index (χ4n) is 6.14. The number of phenolic OH excluding ortho intramolecular Hbond substituents is 1. The number of aliphatic hydroxyl groups excluding tert-OH is 2. The third kappa shape index (κ3) is 3.31. The van der Waals surface area contributed by atoms with Crippen LogP contribution in [0.25, 0.3) is 5.76 Å². The van der Waals surface area contributed by atoms with E-state index in [9.17, 15) is 34.8 Å². The molecule has 0 saturated heterocycles. The van der Waals surface area contributed by atoms with Gasteiger partial charge in [-0.2, -0.15) is 0 Å². The maximum Gasteiger partial charge on any atom is 0.255 e. The van der Waals surface area contributed by atoms with Crippen molar-refractivity contribution in [1.29, 1.82) is 0 Å². The Bertz CT molecular complexity index is 1270. The molecule has 4 rings (SSSR count). The van der Waals surface area contributed by atoms with Gasteiger partial charge in [-0.1, -0.05) is 20.8 Å². The number of Topliss-reactive ketones (excluding diaryl/α,β-unsaturated/α-hetero) is 2. The molecule has 1 fully saturated rings. The molecule has 4 atom stereocenters. The van der Waals surface area contributed by atoms with E-state index in [1.54, 1.807) is 20.2 Å². The second-order valence-corrected chi connectivity index (χ2v) is 11.2. The van der Waals surface area contributed by atoms with E-state index < -0.39 is 63.5 Å². The fourth-order valence-corrected chi connectivity index (χ4v) is 6.14. The molecule has 1 aromatic rings. The summed E-state index contributed by atoms with van der Waals surface area (Å²) in [5.74, 6) is -6.62. The number of fused-ring (bicyclic) bond motifs is 3. The van der Waals surface area contributed by atoms with Gasteiger partial charge >= 0.3 is 0 Å². The summed E-state index contributed by atoms with van der Waals surface area (Å²) in [6.07, 6.45) is 0.261. The number of carbonyl (C=O) groups is 3. The molecular weight excluding hydrogens is 466 g/mol. The van der Waals surface area contributed by atoms with Crippen LogP contribution in [0.5, 0.6) is 5.75 Å². The van der Waals surface area contributed by atoms with Gasteiger partial charge in [-0.3, -0.25) is 19.3 Å². The van der Waals surface area contributed by atoms with E-state index in [0.717, 1.165) is 0 Å². The van der Waals surface area contributed by atoms with E-state index in [1.165, 1.54) is 4.90 Å². The number of primary amides is 1. The minimum Gasteiger partial charge on any atom is -0.508 e. The number of nitrogens with two attached hydrogens (primary N) is 2. The van der Waals surface area contributed by atoms with Gasteiger partial charge in [0.25, 0.3) is 5.91 Å².